The molecule has 8 rings (SSSR count). The van der Waals surface area contributed by atoms with E-state index >= 15 is 0 Å². The molecule has 0 saturated carbocycles. The maximum absolute atomic E-state index is 14.8. The molecule has 6 heterocycles. The summed E-state index contributed by atoms with van der Waals surface area (Å²) < 4.78 is 19.8. The van der Waals surface area contributed by atoms with Gasteiger partial charge in [-0.2, -0.15) is 0 Å². The van der Waals surface area contributed by atoms with E-state index in [-0.39, 0.29) is 49.5 Å². The fourth-order valence-corrected chi connectivity index (χ4v) is 10.7. The second-order valence-electron chi connectivity index (χ2n) is 20.5. The Labute approximate surface area is 411 Å². The van der Waals surface area contributed by atoms with Crippen LogP contribution in [0.4, 0.5) is 0 Å². The van der Waals surface area contributed by atoms with Crippen molar-refractivity contribution in [3.8, 4) is 34.2 Å². The van der Waals surface area contributed by atoms with Gasteiger partial charge in [-0.1, -0.05) is 63.9 Å². The summed E-state index contributed by atoms with van der Waals surface area (Å²) >= 11 is 0. The minimum atomic E-state index is -1.06. The third kappa shape index (κ3) is 10.8. The van der Waals surface area contributed by atoms with Crippen molar-refractivity contribution < 1.29 is 38.2 Å². The number of esters is 1. The molecule has 1 unspecified atom stereocenters. The Morgan fingerprint density at radius 3 is 2.56 bits per heavy atom. The van der Waals surface area contributed by atoms with Crippen LogP contribution in [0.25, 0.3) is 33.3 Å². The number of ether oxygens (including phenoxy) is 3. The lowest BCUT2D eigenvalue weighted by Crippen LogP contribution is -2.62. The number of amides is 4. The van der Waals surface area contributed by atoms with Gasteiger partial charge in [-0.05, 0) is 111 Å². The Hall–Kier alpha value is -6.08. The number of likely N-dealkylation sites (N-methyl/N-ethyl adjacent to an activating group) is 1. The Balaban J connectivity index is 1.12. The highest BCUT2D eigenvalue weighted by atomic mass is 16.5. The van der Waals surface area contributed by atoms with Gasteiger partial charge >= 0.3 is 5.97 Å². The summed E-state index contributed by atoms with van der Waals surface area (Å²) in [5.41, 5.74) is 10.4. The zero-order valence-corrected chi connectivity index (χ0v) is 42.0. The maximum Gasteiger partial charge on any atom is 0.324 e. The van der Waals surface area contributed by atoms with E-state index in [1.165, 1.54) is 9.91 Å². The van der Waals surface area contributed by atoms with Gasteiger partial charge in [0.25, 0.3) is 11.8 Å². The number of benzene rings is 2. The van der Waals surface area contributed by atoms with Gasteiger partial charge < -0.3 is 33.9 Å². The standard InChI is InChI=1S/C55H69N7O8/c1-9-61-46-21-19-38-30-42(46)43(50(61)41-17-11-24-56-48(41)35(4)68-8)31-55(5,6)33-70-54(67)44-18-12-25-62(58-44)53(66)45(29-36-14-10-15-37(38)28-36)57-51(64)49(34(2)3)59(7)52(65)39-23-26-60(32-39)47(63)22-20-40-16-13-27-69-40/h10-11,14-15,17,19,21,24,28,30,34-35,39-40,44-45,49,58H,9,12-13,16,18,23,25-27,29,31-33H2,1-8H3,(H,57,64)/t35-,39-,40+,44-,45-,49?/m0/s1. The summed E-state index contributed by atoms with van der Waals surface area (Å²) in [5, 5.41) is 5.59. The summed E-state index contributed by atoms with van der Waals surface area (Å²) in [6.45, 7) is 14.5. The van der Waals surface area contributed by atoms with Crippen LogP contribution in [-0.2, 0) is 57.6 Å². The molecular weight excluding hydrogens is 887 g/mol. The van der Waals surface area contributed by atoms with Crippen molar-refractivity contribution in [1.29, 1.82) is 0 Å². The van der Waals surface area contributed by atoms with E-state index in [4.69, 9.17) is 19.2 Å². The molecule has 6 atom stereocenters. The minimum Gasteiger partial charge on any atom is -0.464 e. The van der Waals surface area contributed by atoms with Gasteiger partial charge in [-0.3, -0.25) is 34.0 Å². The van der Waals surface area contributed by atoms with E-state index in [9.17, 15) is 24.0 Å². The molecule has 4 aliphatic rings. The lowest BCUT2D eigenvalue weighted by molar-refractivity contribution is -0.155. The number of pyridine rings is 1. The number of aryl methyl sites for hydroxylation is 1. The summed E-state index contributed by atoms with van der Waals surface area (Å²) in [6, 6.07) is 15.8. The van der Waals surface area contributed by atoms with Crippen molar-refractivity contribution in [3.05, 3.63) is 77.6 Å². The lowest BCUT2D eigenvalue weighted by atomic mass is 9.84. The van der Waals surface area contributed by atoms with Crippen LogP contribution in [-0.4, -0.2) is 125 Å². The Kier molecular flexibility index (Phi) is 15.5. The van der Waals surface area contributed by atoms with Gasteiger partial charge in [0.2, 0.25) is 11.8 Å². The van der Waals surface area contributed by atoms with Crippen molar-refractivity contribution in [2.45, 2.75) is 123 Å². The van der Waals surface area contributed by atoms with Crippen LogP contribution in [0.15, 0.2) is 60.8 Å². The van der Waals surface area contributed by atoms with Crippen molar-refractivity contribution in [2.75, 3.05) is 47.0 Å². The molecule has 2 aromatic carbocycles. The topological polar surface area (TPSA) is 165 Å². The SMILES string of the molecule is CCn1c(-c2cccnc2[C@H](C)OC)c2c3cc(ccc31)-c1cccc(c1)C[C@H](NC(=O)C(C(C)C)N(C)C(=O)[C@H]1CCN(C(=O)C#C[C@H]3CCCO3)C1)C(=O)N1CCC[C@H](N1)C(=O)OCC(C)(C)C2. The Morgan fingerprint density at radius 2 is 1.81 bits per heavy atom. The van der Waals surface area contributed by atoms with Crippen LogP contribution < -0.4 is 10.7 Å². The van der Waals surface area contributed by atoms with Gasteiger partial charge in [-0.25, -0.2) is 5.43 Å². The number of aromatic nitrogens is 2. The number of methoxy groups -OCH3 is 1. The normalized spacial score (nSPS) is 22.5. The van der Waals surface area contributed by atoms with Crippen LogP contribution in [0.2, 0.25) is 0 Å². The van der Waals surface area contributed by atoms with E-state index < -0.39 is 47.2 Å². The molecule has 0 aliphatic carbocycles. The molecule has 15 heteroatoms. The molecule has 3 fully saturated rings. The number of cyclic esters (lactones) is 1. The van der Waals surface area contributed by atoms with Crippen LogP contribution in [0, 0.1) is 29.1 Å². The number of rotatable bonds is 9. The van der Waals surface area contributed by atoms with Gasteiger partial charge in [0, 0.05) is 81.4 Å². The fraction of sp³-hybridized carbons (Fsp3) is 0.527. The van der Waals surface area contributed by atoms with Crippen LogP contribution in [0.1, 0.15) is 96.6 Å². The van der Waals surface area contributed by atoms with Gasteiger partial charge in [-0.15, -0.1) is 0 Å². The second kappa shape index (κ2) is 21.5. The molecule has 4 aromatic rings. The first-order valence-corrected chi connectivity index (χ1v) is 25.0. The molecular formula is C55H69N7O8. The number of nitrogens with zero attached hydrogens (tertiary/aromatic N) is 5. The third-order valence-corrected chi connectivity index (χ3v) is 14.4. The predicted octanol–water partition coefficient (Wildman–Crippen LogP) is 6.26. The fourth-order valence-electron chi connectivity index (χ4n) is 10.7. The summed E-state index contributed by atoms with van der Waals surface area (Å²) in [7, 11) is 3.30. The summed E-state index contributed by atoms with van der Waals surface area (Å²) in [4.78, 5) is 78.4. The molecule has 2 aromatic heterocycles. The number of likely N-dealkylation sites (tertiary alicyclic amines) is 1. The number of hydrogen-bond donors (Lipinski definition) is 2. The van der Waals surface area contributed by atoms with Crippen molar-refractivity contribution in [3.63, 3.8) is 0 Å². The molecule has 2 N–H and O–H groups in total. The van der Waals surface area contributed by atoms with Crippen LogP contribution >= 0.6 is 0 Å². The molecule has 6 bridgehead atoms. The first-order chi connectivity index (χ1) is 33.6. The highest BCUT2D eigenvalue weighted by Crippen LogP contribution is 2.42. The smallest absolute Gasteiger partial charge is 0.324 e. The zero-order chi connectivity index (χ0) is 49.9. The highest BCUT2D eigenvalue weighted by Gasteiger charge is 2.40. The number of carbonyl (C=O) groups is 5. The van der Waals surface area contributed by atoms with E-state index in [1.54, 1.807) is 25.3 Å². The average molecular weight is 956 g/mol. The zero-order valence-electron chi connectivity index (χ0n) is 42.0. The first kappa shape index (κ1) is 50.3. The first-order valence-electron chi connectivity index (χ1n) is 25.0. The van der Waals surface area contributed by atoms with Crippen LogP contribution in [0.5, 0.6) is 0 Å². The number of fused-ring (bicyclic) bond motifs is 6. The van der Waals surface area contributed by atoms with Gasteiger partial charge in [0.1, 0.15) is 24.2 Å². The molecule has 4 aliphatic heterocycles. The monoisotopic (exact) mass is 956 g/mol. The molecule has 372 valence electrons. The van der Waals surface area contributed by atoms with E-state index in [2.05, 4.69) is 84.3 Å². The van der Waals surface area contributed by atoms with Crippen molar-refractivity contribution >= 4 is 40.5 Å². The van der Waals surface area contributed by atoms with Crippen LogP contribution in [0.3, 0.4) is 0 Å². The lowest BCUT2D eigenvalue weighted by Gasteiger charge is -2.37. The summed E-state index contributed by atoms with van der Waals surface area (Å²) in [6.07, 6.45) is 5.18. The second-order valence-corrected chi connectivity index (χ2v) is 20.5. The Morgan fingerprint density at radius 1 is 1.01 bits per heavy atom. The highest BCUT2D eigenvalue weighted by molar-refractivity contribution is 5.97. The maximum atomic E-state index is 14.8. The quantitative estimate of drug-likeness (QED) is 0.145. The number of nitrogens with one attached hydrogen (secondary N) is 2. The molecule has 0 spiro atoms. The van der Waals surface area contributed by atoms with Gasteiger partial charge in [0.15, 0.2) is 0 Å². The largest absolute Gasteiger partial charge is 0.464 e. The summed E-state index contributed by atoms with van der Waals surface area (Å²) in [5.74, 6) is 2.86. The van der Waals surface area contributed by atoms with Crippen molar-refractivity contribution in [1.82, 2.24) is 35.1 Å². The van der Waals surface area contributed by atoms with E-state index in [0.29, 0.717) is 51.9 Å². The van der Waals surface area contributed by atoms with E-state index in [1.807, 2.05) is 39.0 Å². The van der Waals surface area contributed by atoms with Crippen molar-refractivity contribution in [2.24, 2.45) is 17.3 Å². The number of carbonyl (C=O) groups excluding carboxylic acids is 5. The molecule has 70 heavy (non-hydrogen) atoms. The number of hydrazine groups is 1. The molecule has 3 saturated heterocycles. The predicted molar refractivity (Wildman–Crippen MR) is 266 cm³/mol. The molecule has 15 nitrogen and oxygen atoms in total. The van der Waals surface area contributed by atoms with Gasteiger partial charge in [0.05, 0.1) is 30.0 Å². The minimum absolute atomic E-state index is 0.132. The Bertz CT molecular complexity index is 2680. The molecule has 4 amide bonds. The van der Waals surface area contributed by atoms with E-state index in [0.717, 1.165) is 62.9 Å². The molecule has 0 radical (unpaired) electrons. The third-order valence-electron chi connectivity index (χ3n) is 14.4. The number of hydrogen-bond acceptors (Lipinski definition) is 10. The average Bonchev–Trinajstić information content (AvgIpc) is 4.14.